The second-order valence-electron chi connectivity index (χ2n) is 5.89. The molecule has 0 saturated heterocycles. The van der Waals surface area contributed by atoms with E-state index in [1.165, 1.54) is 25.7 Å². The van der Waals surface area contributed by atoms with Gasteiger partial charge >= 0.3 is 0 Å². The van der Waals surface area contributed by atoms with Crippen LogP contribution < -0.4 is 5.73 Å². The van der Waals surface area contributed by atoms with Gasteiger partial charge in [0.15, 0.2) is 0 Å². The Bertz CT molecular complexity index is 617. The lowest BCUT2D eigenvalue weighted by atomic mass is 9.81. The molecule has 2 unspecified atom stereocenters. The number of imidazole rings is 1. The third-order valence-corrected chi connectivity index (χ3v) is 4.69. The largest absolute Gasteiger partial charge is 0.383 e. The molecule has 2 atom stereocenters. The summed E-state index contributed by atoms with van der Waals surface area (Å²) >= 11 is 3.53. The topological polar surface area (TPSA) is 43.3 Å². The van der Waals surface area contributed by atoms with Crippen molar-refractivity contribution in [1.29, 1.82) is 0 Å². The van der Waals surface area contributed by atoms with Crippen molar-refractivity contribution in [2.75, 3.05) is 5.73 Å². The van der Waals surface area contributed by atoms with Crippen molar-refractivity contribution in [2.24, 2.45) is 5.92 Å². The van der Waals surface area contributed by atoms with E-state index in [9.17, 15) is 0 Å². The zero-order valence-electron chi connectivity index (χ0n) is 11.5. The maximum atomic E-state index is 6.33. The molecule has 0 spiro atoms. The first kappa shape index (κ1) is 13.0. The Morgan fingerprint density at radius 3 is 2.95 bits per heavy atom. The predicted octanol–water partition coefficient (Wildman–Crippen LogP) is 4.28. The van der Waals surface area contributed by atoms with E-state index in [1.54, 1.807) is 0 Å². The van der Waals surface area contributed by atoms with E-state index < -0.39 is 0 Å². The van der Waals surface area contributed by atoms with Crippen LogP contribution in [-0.2, 0) is 0 Å². The molecule has 3 rings (SSSR count). The zero-order chi connectivity index (χ0) is 13.6. The fourth-order valence-electron chi connectivity index (χ4n) is 3.29. The summed E-state index contributed by atoms with van der Waals surface area (Å²) < 4.78 is 3.07. The lowest BCUT2D eigenvalue weighted by molar-refractivity contribution is 0.341. The fourth-order valence-corrected chi connectivity index (χ4v) is 3.83. The number of rotatable bonds is 1. The van der Waals surface area contributed by atoms with Crippen LogP contribution in [0, 0.1) is 12.8 Å². The molecule has 0 aliphatic heterocycles. The van der Waals surface area contributed by atoms with Crippen LogP contribution in [0.2, 0.25) is 0 Å². The molecular formula is C15H20BrN3. The Morgan fingerprint density at radius 2 is 2.21 bits per heavy atom. The van der Waals surface area contributed by atoms with Gasteiger partial charge in [0.25, 0.3) is 0 Å². The maximum Gasteiger partial charge on any atom is 0.141 e. The molecule has 19 heavy (non-hydrogen) atoms. The normalized spacial score (nSPS) is 23.9. The van der Waals surface area contributed by atoms with Crippen LogP contribution in [0.25, 0.3) is 5.65 Å². The average Bonchev–Trinajstić information content (AvgIpc) is 2.68. The number of nitrogen functional groups attached to an aromatic ring is 1. The number of anilines is 1. The third kappa shape index (κ3) is 2.27. The lowest BCUT2D eigenvalue weighted by Crippen LogP contribution is -2.13. The summed E-state index contributed by atoms with van der Waals surface area (Å²) in [5.41, 5.74) is 9.59. The van der Waals surface area contributed by atoms with E-state index in [-0.39, 0.29) is 0 Å². The molecule has 3 nitrogen and oxygen atoms in total. The first-order chi connectivity index (χ1) is 9.06. The highest BCUT2D eigenvalue weighted by Gasteiger charge is 2.25. The van der Waals surface area contributed by atoms with E-state index >= 15 is 0 Å². The van der Waals surface area contributed by atoms with Crippen molar-refractivity contribution < 1.29 is 0 Å². The van der Waals surface area contributed by atoms with Gasteiger partial charge in [0.1, 0.15) is 11.5 Å². The van der Waals surface area contributed by atoms with E-state index in [4.69, 9.17) is 10.7 Å². The summed E-state index contributed by atoms with van der Waals surface area (Å²) in [6.07, 6.45) is 7.09. The van der Waals surface area contributed by atoms with Crippen LogP contribution in [-0.4, -0.2) is 9.38 Å². The molecule has 1 aliphatic rings. The molecule has 1 fully saturated rings. The van der Waals surface area contributed by atoms with Crippen LogP contribution in [0.15, 0.2) is 16.7 Å². The molecule has 2 heterocycles. The number of aromatic nitrogens is 2. The van der Waals surface area contributed by atoms with E-state index in [0.29, 0.717) is 5.92 Å². The summed E-state index contributed by atoms with van der Waals surface area (Å²) in [5, 5.41) is 0. The van der Waals surface area contributed by atoms with Crippen molar-refractivity contribution >= 4 is 27.4 Å². The van der Waals surface area contributed by atoms with E-state index in [1.807, 2.05) is 10.6 Å². The molecule has 102 valence electrons. The fraction of sp³-hybridized carbons (Fsp3) is 0.533. The van der Waals surface area contributed by atoms with Crippen molar-refractivity contribution in [3.63, 3.8) is 0 Å². The number of halogens is 1. The SMILES string of the molecule is Cc1cc(Br)cn2c(N)c(C3CCCC(C)C3)nc12. The summed E-state index contributed by atoms with van der Waals surface area (Å²) in [5.74, 6) is 2.14. The number of hydrogen-bond donors (Lipinski definition) is 1. The lowest BCUT2D eigenvalue weighted by Gasteiger charge is -2.25. The molecule has 2 aromatic heterocycles. The predicted molar refractivity (Wildman–Crippen MR) is 82.4 cm³/mol. The molecule has 0 radical (unpaired) electrons. The van der Waals surface area contributed by atoms with Gasteiger partial charge in [-0.2, -0.15) is 0 Å². The van der Waals surface area contributed by atoms with Crippen molar-refractivity contribution in [3.8, 4) is 0 Å². The standard InChI is InChI=1S/C15H20BrN3/c1-9-4-3-5-11(6-9)13-14(17)19-8-12(16)7-10(2)15(19)18-13/h7-9,11H,3-6,17H2,1-2H3. The first-order valence-corrected chi connectivity index (χ1v) is 7.79. The van der Waals surface area contributed by atoms with Gasteiger partial charge in [-0.3, -0.25) is 4.40 Å². The summed E-state index contributed by atoms with van der Waals surface area (Å²) in [6, 6.07) is 2.09. The average molecular weight is 322 g/mol. The minimum atomic E-state index is 0.529. The number of pyridine rings is 1. The second kappa shape index (κ2) is 4.82. The monoisotopic (exact) mass is 321 g/mol. The van der Waals surface area contributed by atoms with E-state index in [0.717, 1.165) is 33.1 Å². The van der Waals surface area contributed by atoms with Crippen LogP contribution >= 0.6 is 15.9 Å². The number of nitrogens with two attached hydrogens (primary N) is 1. The van der Waals surface area contributed by atoms with Crippen molar-refractivity contribution in [3.05, 3.63) is 28.0 Å². The number of nitrogens with zero attached hydrogens (tertiary/aromatic N) is 2. The van der Waals surface area contributed by atoms with Gasteiger partial charge in [-0.25, -0.2) is 4.98 Å². The minimum absolute atomic E-state index is 0.529. The van der Waals surface area contributed by atoms with Gasteiger partial charge in [0, 0.05) is 16.6 Å². The molecule has 0 amide bonds. The maximum absolute atomic E-state index is 6.33. The summed E-state index contributed by atoms with van der Waals surface area (Å²) in [7, 11) is 0. The molecule has 0 aromatic carbocycles. The van der Waals surface area contributed by atoms with Gasteiger partial charge in [-0.15, -0.1) is 0 Å². The van der Waals surface area contributed by atoms with Crippen molar-refractivity contribution in [1.82, 2.24) is 9.38 Å². The van der Waals surface area contributed by atoms with Gasteiger partial charge in [0.2, 0.25) is 0 Å². The van der Waals surface area contributed by atoms with Gasteiger partial charge in [-0.1, -0.05) is 19.8 Å². The molecular weight excluding hydrogens is 302 g/mol. The smallest absolute Gasteiger partial charge is 0.141 e. The van der Waals surface area contributed by atoms with Crippen LogP contribution in [0.5, 0.6) is 0 Å². The molecule has 2 N–H and O–H groups in total. The third-order valence-electron chi connectivity index (χ3n) is 4.26. The Morgan fingerprint density at radius 1 is 1.42 bits per heavy atom. The number of fused-ring (bicyclic) bond motifs is 1. The van der Waals surface area contributed by atoms with Crippen molar-refractivity contribution in [2.45, 2.75) is 45.4 Å². The van der Waals surface area contributed by atoms with E-state index in [2.05, 4.69) is 35.8 Å². The highest BCUT2D eigenvalue weighted by molar-refractivity contribution is 9.10. The summed E-state index contributed by atoms with van der Waals surface area (Å²) in [6.45, 7) is 4.42. The zero-order valence-corrected chi connectivity index (χ0v) is 13.1. The Hall–Kier alpha value is -1.03. The molecule has 2 aromatic rings. The Kier molecular flexibility index (Phi) is 3.29. The van der Waals surface area contributed by atoms with Crippen LogP contribution in [0.1, 0.15) is 49.8 Å². The second-order valence-corrected chi connectivity index (χ2v) is 6.80. The van der Waals surface area contributed by atoms with Crippen LogP contribution in [0.3, 0.4) is 0 Å². The van der Waals surface area contributed by atoms with Crippen LogP contribution in [0.4, 0.5) is 5.82 Å². The molecule has 0 bridgehead atoms. The molecule has 4 heteroatoms. The highest BCUT2D eigenvalue weighted by Crippen LogP contribution is 2.38. The van der Waals surface area contributed by atoms with Gasteiger partial charge < -0.3 is 5.73 Å². The summed E-state index contributed by atoms with van der Waals surface area (Å²) in [4.78, 5) is 4.83. The Labute approximate surface area is 122 Å². The number of hydrogen-bond acceptors (Lipinski definition) is 2. The molecule has 1 saturated carbocycles. The quantitative estimate of drug-likeness (QED) is 0.851. The molecule has 1 aliphatic carbocycles. The first-order valence-electron chi connectivity index (χ1n) is 7.00. The van der Waals surface area contributed by atoms with Gasteiger partial charge in [-0.05, 0) is 53.2 Å². The van der Waals surface area contributed by atoms with Gasteiger partial charge in [0.05, 0.1) is 5.69 Å². The highest BCUT2D eigenvalue weighted by atomic mass is 79.9. The minimum Gasteiger partial charge on any atom is -0.383 e. The number of aryl methyl sites for hydroxylation is 1. The Balaban J connectivity index is 2.09.